The summed E-state index contributed by atoms with van der Waals surface area (Å²) in [6, 6.07) is 9.22. The van der Waals surface area contributed by atoms with Gasteiger partial charge in [-0.1, -0.05) is 15.9 Å². The molecule has 7 nitrogen and oxygen atoms in total. The Labute approximate surface area is 161 Å². The second kappa shape index (κ2) is 5.68. The number of nitrogens with zero attached hydrogens (tertiary/aromatic N) is 5. The van der Waals surface area contributed by atoms with Crippen LogP contribution in [0.3, 0.4) is 0 Å². The van der Waals surface area contributed by atoms with E-state index in [9.17, 15) is 4.79 Å². The Hall–Kier alpha value is -3.13. The van der Waals surface area contributed by atoms with Crippen molar-refractivity contribution >= 4 is 49.4 Å². The molecule has 4 heterocycles. The van der Waals surface area contributed by atoms with Crippen molar-refractivity contribution in [2.75, 3.05) is 0 Å². The van der Waals surface area contributed by atoms with Gasteiger partial charge >= 0.3 is 0 Å². The summed E-state index contributed by atoms with van der Waals surface area (Å²) in [4.78, 5) is 17.3. The second-order valence-electron chi connectivity index (χ2n) is 6.38. The van der Waals surface area contributed by atoms with Gasteiger partial charge in [0.25, 0.3) is 0 Å². The number of benzene rings is 1. The molecule has 0 amide bonds. The molecular weight excluding hydrogens is 410 g/mol. The van der Waals surface area contributed by atoms with Gasteiger partial charge in [-0.2, -0.15) is 0 Å². The number of carbonyl (C=O) groups is 1. The normalized spacial score (nSPS) is 11.7. The van der Waals surface area contributed by atoms with Crippen molar-refractivity contribution in [1.29, 1.82) is 0 Å². The highest BCUT2D eigenvalue weighted by Gasteiger charge is 2.19. The first-order valence-corrected chi connectivity index (χ1v) is 9.03. The zero-order valence-corrected chi connectivity index (χ0v) is 16.0. The monoisotopic (exact) mass is 421 g/mol. The summed E-state index contributed by atoms with van der Waals surface area (Å²) in [6.07, 6.45) is 1.56. The molecule has 0 saturated heterocycles. The van der Waals surface area contributed by atoms with Crippen molar-refractivity contribution in [2.45, 2.75) is 13.8 Å². The van der Waals surface area contributed by atoms with E-state index in [4.69, 9.17) is 4.42 Å². The number of aryl methyl sites for hydroxylation is 2. The molecule has 5 aromatic rings. The molecule has 8 heteroatoms. The third kappa shape index (κ3) is 2.52. The van der Waals surface area contributed by atoms with E-state index < -0.39 is 0 Å². The van der Waals surface area contributed by atoms with Gasteiger partial charge in [-0.15, -0.1) is 15.3 Å². The van der Waals surface area contributed by atoms with Crippen LogP contribution in [0.15, 0.2) is 45.4 Å². The van der Waals surface area contributed by atoms with E-state index in [1.54, 1.807) is 16.8 Å². The number of carbonyl (C=O) groups excluding carboxylic acids is 1. The van der Waals surface area contributed by atoms with Crippen molar-refractivity contribution in [3.63, 3.8) is 0 Å². The molecule has 0 N–H and O–H groups in total. The molecule has 0 spiro atoms. The fraction of sp³-hybridized carbons (Fsp3) is 0.105. The molecule has 0 fully saturated rings. The van der Waals surface area contributed by atoms with Gasteiger partial charge in [0.15, 0.2) is 22.7 Å². The molecule has 0 unspecified atom stereocenters. The minimum Gasteiger partial charge on any atom is -0.453 e. The highest BCUT2D eigenvalue weighted by atomic mass is 79.9. The lowest BCUT2D eigenvalue weighted by atomic mass is 10.2. The van der Waals surface area contributed by atoms with Crippen LogP contribution in [-0.4, -0.2) is 30.6 Å². The largest absolute Gasteiger partial charge is 0.453 e. The number of hydrogen-bond acceptors (Lipinski definition) is 6. The van der Waals surface area contributed by atoms with Gasteiger partial charge in [0.05, 0.1) is 11.6 Å². The van der Waals surface area contributed by atoms with E-state index in [0.717, 1.165) is 26.5 Å². The number of ketones is 1. The maximum absolute atomic E-state index is 12.8. The highest BCUT2D eigenvalue weighted by Crippen LogP contribution is 2.25. The summed E-state index contributed by atoms with van der Waals surface area (Å²) in [7, 11) is 0. The lowest BCUT2D eigenvalue weighted by Crippen LogP contribution is -2.07. The smallest absolute Gasteiger partial charge is 0.249 e. The molecule has 0 aliphatic rings. The molecule has 0 atom stereocenters. The van der Waals surface area contributed by atoms with E-state index in [-0.39, 0.29) is 17.2 Å². The van der Waals surface area contributed by atoms with Crippen molar-refractivity contribution < 1.29 is 9.21 Å². The first-order valence-electron chi connectivity index (χ1n) is 8.23. The van der Waals surface area contributed by atoms with Crippen molar-refractivity contribution in [2.24, 2.45) is 0 Å². The van der Waals surface area contributed by atoms with Crippen LogP contribution in [0.4, 0.5) is 0 Å². The summed E-state index contributed by atoms with van der Waals surface area (Å²) in [5.74, 6) is -0.143. The van der Waals surface area contributed by atoms with E-state index in [1.165, 1.54) is 0 Å². The van der Waals surface area contributed by atoms with Crippen LogP contribution in [0.25, 0.3) is 27.6 Å². The average Bonchev–Trinajstić information content (AvgIpc) is 3.20. The van der Waals surface area contributed by atoms with E-state index >= 15 is 0 Å². The van der Waals surface area contributed by atoms with Gasteiger partial charge in [0.1, 0.15) is 5.58 Å². The molecule has 0 bridgehead atoms. The summed E-state index contributed by atoms with van der Waals surface area (Å²) < 4.78 is 8.12. The van der Waals surface area contributed by atoms with Crippen molar-refractivity contribution in [3.8, 4) is 0 Å². The lowest BCUT2D eigenvalue weighted by molar-refractivity contribution is 0.100. The molecule has 4 aromatic heterocycles. The molecule has 0 aliphatic carbocycles. The first-order chi connectivity index (χ1) is 13.0. The van der Waals surface area contributed by atoms with Crippen molar-refractivity contribution in [3.05, 3.63) is 63.7 Å². The Morgan fingerprint density at radius 3 is 2.85 bits per heavy atom. The Morgan fingerprint density at radius 2 is 2.00 bits per heavy atom. The molecule has 27 heavy (non-hydrogen) atoms. The molecule has 5 rings (SSSR count). The summed E-state index contributed by atoms with van der Waals surface area (Å²) in [5, 5.41) is 14.4. The van der Waals surface area contributed by atoms with Gasteiger partial charge in [-0.3, -0.25) is 4.79 Å². The average molecular weight is 422 g/mol. The lowest BCUT2D eigenvalue weighted by Gasteiger charge is -1.98. The van der Waals surface area contributed by atoms with E-state index in [0.29, 0.717) is 16.9 Å². The molecule has 1 aromatic carbocycles. The third-order valence-corrected chi connectivity index (χ3v) is 4.89. The minimum atomic E-state index is -0.350. The van der Waals surface area contributed by atoms with Gasteiger partial charge in [-0.25, -0.2) is 9.50 Å². The molecule has 0 aliphatic heterocycles. The topological polar surface area (TPSA) is 86.2 Å². The zero-order chi connectivity index (χ0) is 18.7. The molecular formula is C19H12BrN5O2. The molecule has 0 radical (unpaired) electrons. The predicted molar refractivity (Wildman–Crippen MR) is 103 cm³/mol. The Bertz CT molecular complexity index is 1390. The Morgan fingerprint density at radius 1 is 1.15 bits per heavy atom. The third-order valence-electron chi connectivity index (χ3n) is 4.40. The van der Waals surface area contributed by atoms with Gasteiger partial charge in [0, 0.05) is 15.6 Å². The second-order valence-corrected chi connectivity index (χ2v) is 7.30. The van der Waals surface area contributed by atoms with Gasteiger partial charge in [-0.05, 0) is 49.7 Å². The summed E-state index contributed by atoms with van der Waals surface area (Å²) >= 11 is 3.41. The number of furan rings is 1. The summed E-state index contributed by atoms with van der Waals surface area (Å²) in [5.41, 5.74) is 3.84. The SMILES string of the molecule is Cc1cc(C)c2c(n1)nn1cc(C(=O)c3cc4cc(Br)ccc4o3)nnc21. The minimum absolute atomic E-state index is 0.155. The van der Waals surface area contributed by atoms with E-state index in [1.807, 2.05) is 38.1 Å². The van der Waals surface area contributed by atoms with Crippen molar-refractivity contribution in [1.82, 2.24) is 24.8 Å². The fourth-order valence-corrected chi connectivity index (χ4v) is 3.59. The standard InChI is InChI=1S/C19H12BrN5O2/c1-9-5-10(2)21-18-16(9)19-23-22-13(8-25(19)24-18)17(26)15-7-11-6-12(20)3-4-14(11)27-15/h3-8H,1-2H3. The van der Waals surface area contributed by atoms with Gasteiger partial charge in [0.2, 0.25) is 5.78 Å². The summed E-state index contributed by atoms with van der Waals surface area (Å²) in [6.45, 7) is 3.89. The predicted octanol–water partition coefficient (Wildman–Crippen LogP) is 4.03. The van der Waals surface area contributed by atoms with Gasteiger partial charge < -0.3 is 4.42 Å². The molecule has 132 valence electrons. The maximum atomic E-state index is 12.8. The highest BCUT2D eigenvalue weighted by molar-refractivity contribution is 9.10. The zero-order valence-electron chi connectivity index (χ0n) is 14.4. The van der Waals surface area contributed by atoms with Crippen LogP contribution < -0.4 is 0 Å². The van der Waals surface area contributed by atoms with Crippen LogP contribution in [0.1, 0.15) is 27.5 Å². The van der Waals surface area contributed by atoms with Crippen LogP contribution in [0, 0.1) is 13.8 Å². The number of fused-ring (bicyclic) bond motifs is 4. The number of aromatic nitrogens is 5. The Balaban J connectivity index is 1.64. The Kier molecular flexibility index (Phi) is 3.38. The van der Waals surface area contributed by atoms with Crippen LogP contribution in [-0.2, 0) is 0 Å². The van der Waals surface area contributed by atoms with Crippen LogP contribution in [0.2, 0.25) is 0 Å². The first kappa shape index (κ1) is 16.1. The number of pyridine rings is 1. The van der Waals surface area contributed by atoms with Crippen LogP contribution in [0.5, 0.6) is 0 Å². The number of rotatable bonds is 2. The quantitative estimate of drug-likeness (QED) is 0.400. The fourth-order valence-electron chi connectivity index (χ4n) is 3.21. The molecule has 0 saturated carbocycles. The van der Waals surface area contributed by atoms with Crippen LogP contribution >= 0.6 is 15.9 Å². The van der Waals surface area contributed by atoms with E-state index in [2.05, 4.69) is 36.2 Å². The number of hydrogen-bond donors (Lipinski definition) is 0. The number of halogens is 1. The maximum Gasteiger partial charge on any atom is 0.249 e.